The summed E-state index contributed by atoms with van der Waals surface area (Å²) >= 11 is 6.19. The van der Waals surface area contributed by atoms with E-state index in [9.17, 15) is 0 Å². The number of aromatic nitrogens is 2. The Morgan fingerprint density at radius 1 is 1.38 bits per heavy atom. The molecule has 1 aliphatic rings. The monoisotopic (exact) mass is 305 g/mol. The van der Waals surface area contributed by atoms with Crippen LogP contribution in [0.2, 0.25) is 5.02 Å². The van der Waals surface area contributed by atoms with Crippen molar-refractivity contribution in [1.82, 2.24) is 14.9 Å². The van der Waals surface area contributed by atoms with E-state index in [1.165, 1.54) is 37.0 Å². The summed E-state index contributed by atoms with van der Waals surface area (Å²) in [7, 11) is 0. The van der Waals surface area contributed by atoms with Crippen LogP contribution < -0.4 is 5.32 Å². The van der Waals surface area contributed by atoms with Gasteiger partial charge in [0, 0.05) is 23.5 Å². The van der Waals surface area contributed by atoms with Gasteiger partial charge in [-0.2, -0.15) is 0 Å². The number of benzene rings is 1. The molecule has 4 heteroatoms. The number of rotatable bonds is 4. The fourth-order valence-electron chi connectivity index (χ4n) is 3.78. The molecule has 1 aliphatic heterocycles. The SMILES string of the molecule is CCCC1(c2nc3ccc(Cl)cc3n2CC)CCCNC1. The zero-order valence-electron chi connectivity index (χ0n) is 13.0. The summed E-state index contributed by atoms with van der Waals surface area (Å²) in [5.41, 5.74) is 2.41. The Balaban J connectivity index is 2.16. The number of imidazole rings is 1. The molecule has 1 N–H and O–H groups in total. The predicted molar refractivity (Wildman–Crippen MR) is 89.1 cm³/mol. The summed E-state index contributed by atoms with van der Waals surface area (Å²) in [5.74, 6) is 1.25. The highest BCUT2D eigenvalue weighted by molar-refractivity contribution is 6.31. The van der Waals surface area contributed by atoms with Crippen molar-refractivity contribution in [3.8, 4) is 0 Å². The van der Waals surface area contributed by atoms with E-state index in [1.807, 2.05) is 18.2 Å². The highest BCUT2D eigenvalue weighted by Gasteiger charge is 2.37. The minimum Gasteiger partial charge on any atom is -0.328 e. The maximum atomic E-state index is 6.19. The molecular weight excluding hydrogens is 282 g/mol. The second-order valence-electron chi connectivity index (χ2n) is 6.12. The van der Waals surface area contributed by atoms with Gasteiger partial charge in [-0.1, -0.05) is 24.9 Å². The van der Waals surface area contributed by atoms with Gasteiger partial charge in [-0.05, 0) is 50.9 Å². The lowest BCUT2D eigenvalue weighted by Crippen LogP contribution is -2.45. The van der Waals surface area contributed by atoms with Crippen LogP contribution in [0.5, 0.6) is 0 Å². The standard InChI is InChI=1S/C17H24ClN3/c1-3-8-17(9-5-10-19-12-17)16-20-14-7-6-13(18)11-15(14)21(16)4-2/h6-7,11,19H,3-5,8-10,12H2,1-2H3. The second kappa shape index (κ2) is 5.98. The Morgan fingerprint density at radius 3 is 2.90 bits per heavy atom. The molecule has 1 saturated heterocycles. The van der Waals surface area contributed by atoms with Gasteiger partial charge >= 0.3 is 0 Å². The minimum atomic E-state index is 0.175. The van der Waals surface area contributed by atoms with Gasteiger partial charge in [-0.3, -0.25) is 0 Å². The molecule has 0 radical (unpaired) electrons. The summed E-state index contributed by atoms with van der Waals surface area (Å²) in [4.78, 5) is 5.00. The van der Waals surface area contributed by atoms with E-state index in [0.29, 0.717) is 0 Å². The summed E-state index contributed by atoms with van der Waals surface area (Å²) in [5, 5.41) is 4.37. The fraction of sp³-hybridized carbons (Fsp3) is 0.588. The van der Waals surface area contributed by atoms with Crippen LogP contribution in [-0.4, -0.2) is 22.6 Å². The minimum absolute atomic E-state index is 0.175. The Morgan fingerprint density at radius 2 is 2.24 bits per heavy atom. The Labute approximate surface area is 131 Å². The molecule has 1 aromatic carbocycles. The molecule has 21 heavy (non-hydrogen) atoms. The first-order valence-corrected chi connectivity index (χ1v) is 8.45. The van der Waals surface area contributed by atoms with Gasteiger partial charge < -0.3 is 9.88 Å². The lowest BCUT2D eigenvalue weighted by molar-refractivity contribution is 0.269. The van der Waals surface area contributed by atoms with Crippen molar-refractivity contribution in [2.45, 2.75) is 51.5 Å². The van der Waals surface area contributed by atoms with E-state index in [1.54, 1.807) is 0 Å². The zero-order chi connectivity index (χ0) is 14.9. The molecular formula is C17H24ClN3. The molecule has 2 heterocycles. The largest absolute Gasteiger partial charge is 0.328 e. The van der Waals surface area contributed by atoms with Crippen molar-refractivity contribution >= 4 is 22.6 Å². The number of hydrogen-bond donors (Lipinski definition) is 1. The first kappa shape index (κ1) is 14.9. The van der Waals surface area contributed by atoms with Gasteiger partial charge in [-0.25, -0.2) is 4.98 Å². The average molecular weight is 306 g/mol. The molecule has 0 saturated carbocycles. The van der Waals surface area contributed by atoms with E-state index in [2.05, 4.69) is 23.7 Å². The molecule has 1 atom stereocenters. The molecule has 0 aliphatic carbocycles. The number of hydrogen-bond acceptors (Lipinski definition) is 2. The van der Waals surface area contributed by atoms with Crippen LogP contribution in [0.4, 0.5) is 0 Å². The summed E-state index contributed by atoms with van der Waals surface area (Å²) in [6.07, 6.45) is 4.84. The van der Waals surface area contributed by atoms with Crippen LogP contribution in [0, 0.1) is 0 Å². The highest BCUT2D eigenvalue weighted by Crippen LogP contribution is 2.37. The summed E-state index contributed by atoms with van der Waals surface area (Å²) in [6, 6.07) is 6.03. The van der Waals surface area contributed by atoms with Gasteiger partial charge in [0.05, 0.1) is 11.0 Å². The second-order valence-corrected chi connectivity index (χ2v) is 6.56. The van der Waals surface area contributed by atoms with Crippen molar-refractivity contribution < 1.29 is 0 Å². The van der Waals surface area contributed by atoms with Crippen LogP contribution in [-0.2, 0) is 12.0 Å². The summed E-state index contributed by atoms with van der Waals surface area (Å²) < 4.78 is 2.36. The Hall–Kier alpha value is -1.06. The molecule has 0 amide bonds. The van der Waals surface area contributed by atoms with E-state index >= 15 is 0 Å². The number of nitrogens with zero attached hydrogens (tertiary/aromatic N) is 2. The third-order valence-electron chi connectivity index (χ3n) is 4.70. The molecule has 1 unspecified atom stereocenters. The number of nitrogens with one attached hydrogen (secondary N) is 1. The van der Waals surface area contributed by atoms with Crippen LogP contribution in [0.1, 0.15) is 45.4 Å². The van der Waals surface area contributed by atoms with Crippen molar-refractivity contribution in [2.24, 2.45) is 0 Å². The third kappa shape index (κ3) is 2.58. The molecule has 3 nitrogen and oxygen atoms in total. The molecule has 2 aromatic rings. The lowest BCUT2D eigenvalue weighted by atomic mass is 9.76. The fourth-order valence-corrected chi connectivity index (χ4v) is 3.95. The highest BCUT2D eigenvalue weighted by atomic mass is 35.5. The Bertz CT molecular complexity index is 621. The number of fused-ring (bicyclic) bond motifs is 1. The molecule has 114 valence electrons. The van der Waals surface area contributed by atoms with Crippen LogP contribution in [0.15, 0.2) is 18.2 Å². The van der Waals surface area contributed by atoms with Crippen molar-refractivity contribution in [3.05, 3.63) is 29.0 Å². The molecule has 0 bridgehead atoms. The first-order valence-electron chi connectivity index (χ1n) is 8.07. The maximum absolute atomic E-state index is 6.19. The predicted octanol–water partition coefficient (Wildman–Crippen LogP) is 4.13. The van der Waals surface area contributed by atoms with Crippen molar-refractivity contribution in [1.29, 1.82) is 0 Å². The van der Waals surface area contributed by atoms with Gasteiger partial charge in [-0.15, -0.1) is 0 Å². The van der Waals surface area contributed by atoms with Gasteiger partial charge in [0.2, 0.25) is 0 Å². The van der Waals surface area contributed by atoms with Gasteiger partial charge in [0.1, 0.15) is 5.82 Å². The van der Waals surface area contributed by atoms with Gasteiger partial charge in [0.15, 0.2) is 0 Å². The van der Waals surface area contributed by atoms with Crippen LogP contribution >= 0.6 is 11.6 Å². The lowest BCUT2D eigenvalue weighted by Gasteiger charge is -2.37. The van der Waals surface area contributed by atoms with Crippen molar-refractivity contribution in [2.75, 3.05) is 13.1 Å². The average Bonchev–Trinajstić information content (AvgIpc) is 2.87. The van der Waals surface area contributed by atoms with Crippen molar-refractivity contribution in [3.63, 3.8) is 0 Å². The van der Waals surface area contributed by atoms with E-state index < -0.39 is 0 Å². The Kier molecular flexibility index (Phi) is 4.23. The maximum Gasteiger partial charge on any atom is 0.117 e. The van der Waals surface area contributed by atoms with Crippen LogP contribution in [0.25, 0.3) is 11.0 Å². The smallest absolute Gasteiger partial charge is 0.117 e. The number of halogens is 1. The molecule has 0 spiro atoms. The topological polar surface area (TPSA) is 29.9 Å². The first-order chi connectivity index (χ1) is 10.2. The zero-order valence-corrected chi connectivity index (χ0v) is 13.7. The number of piperidine rings is 1. The van der Waals surface area contributed by atoms with Gasteiger partial charge in [0.25, 0.3) is 0 Å². The van der Waals surface area contributed by atoms with E-state index in [-0.39, 0.29) is 5.41 Å². The molecule has 1 fully saturated rings. The summed E-state index contributed by atoms with van der Waals surface area (Å²) in [6.45, 7) is 7.58. The quantitative estimate of drug-likeness (QED) is 0.920. The van der Waals surface area contributed by atoms with E-state index in [4.69, 9.17) is 16.6 Å². The third-order valence-corrected chi connectivity index (χ3v) is 4.94. The molecule has 1 aromatic heterocycles. The van der Waals surface area contributed by atoms with E-state index in [0.717, 1.165) is 30.2 Å². The molecule has 3 rings (SSSR count). The number of aryl methyl sites for hydroxylation is 1. The van der Waals surface area contributed by atoms with Crippen LogP contribution in [0.3, 0.4) is 0 Å². The normalized spacial score (nSPS) is 22.8.